The van der Waals surface area contributed by atoms with Gasteiger partial charge in [-0.15, -0.1) is 0 Å². The van der Waals surface area contributed by atoms with E-state index >= 15 is 0 Å². The SMILES string of the molecule is OB(O)c1cc(Cc2ccccc2)cs1. The summed E-state index contributed by atoms with van der Waals surface area (Å²) in [6.07, 6.45) is 0.837. The highest BCUT2D eigenvalue weighted by Gasteiger charge is 2.13. The van der Waals surface area contributed by atoms with Crippen LogP contribution in [0.2, 0.25) is 0 Å². The Morgan fingerprint density at radius 2 is 1.80 bits per heavy atom. The van der Waals surface area contributed by atoms with Crippen LogP contribution in [0.3, 0.4) is 0 Å². The summed E-state index contributed by atoms with van der Waals surface area (Å²) in [6, 6.07) is 12.0. The van der Waals surface area contributed by atoms with E-state index in [1.54, 1.807) is 0 Å². The van der Waals surface area contributed by atoms with Crippen LogP contribution in [0.1, 0.15) is 11.1 Å². The van der Waals surface area contributed by atoms with E-state index in [0.29, 0.717) is 4.78 Å². The first-order valence-electron chi connectivity index (χ1n) is 4.73. The van der Waals surface area contributed by atoms with Gasteiger partial charge in [0.2, 0.25) is 0 Å². The second-order valence-electron chi connectivity index (χ2n) is 3.39. The molecule has 0 radical (unpaired) electrons. The third kappa shape index (κ3) is 2.69. The van der Waals surface area contributed by atoms with Crippen LogP contribution in [0.25, 0.3) is 0 Å². The van der Waals surface area contributed by atoms with Crippen molar-refractivity contribution in [1.29, 1.82) is 0 Å². The Bertz CT molecular complexity index is 425. The molecule has 2 nitrogen and oxygen atoms in total. The van der Waals surface area contributed by atoms with E-state index in [1.807, 2.05) is 29.6 Å². The monoisotopic (exact) mass is 218 g/mol. The van der Waals surface area contributed by atoms with Gasteiger partial charge in [0, 0.05) is 4.78 Å². The number of thiophene rings is 1. The Hall–Kier alpha value is -1.10. The van der Waals surface area contributed by atoms with Gasteiger partial charge in [0.1, 0.15) is 0 Å². The van der Waals surface area contributed by atoms with Crippen molar-refractivity contribution in [2.75, 3.05) is 0 Å². The number of hydrogen-bond acceptors (Lipinski definition) is 3. The fourth-order valence-corrected chi connectivity index (χ4v) is 2.23. The zero-order valence-electron chi connectivity index (χ0n) is 8.13. The third-order valence-electron chi connectivity index (χ3n) is 2.18. The van der Waals surface area contributed by atoms with E-state index in [4.69, 9.17) is 10.0 Å². The van der Waals surface area contributed by atoms with Crippen molar-refractivity contribution in [3.05, 3.63) is 52.9 Å². The molecule has 4 heteroatoms. The fourth-order valence-electron chi connectivity index (χ4n) is 1.45. The average molecular weight is 218 g/mol. The van der Waals surface area contributed by atoms with E-state index in [1.165, 1.54) is 16.9 Å². The van der Waals surface area contributed by atoms with Crippen molar-refractivity contribution in [2.45, 2.75) is 6.42 Å². The summed E-state index contributed by atoms with van der Waals surface area (Å²) in [6.45, 7) is 0. The molecule has 0 aliphatic rings. The Morgan fingerprint density at radius 3 is 2.40 bits per heavy atom. The molecule has 76 valence electrons. The van der Waals surface area contributed by atoms with E-state index < -0.39 is 7.12 Å². The van der Waals surface area contributed by atoms with Gasteiger partial charge in [-0.2, -0.15) is 11.3 Å². The molecule has 0 aliphatic carbocycles. The smallest absolute Gasteiger partial charge is 0.423 e. The lowest BCUT2D eigenvalue weighted by Crippen LogP contribution is -2.26. The average Bonchev–Trinajstić information content (AvgIpc) is 2.68. The Balaban J connectivity index is 2.12. The Morgan fingerprint density at radius 1 is 1.07 bits per heavy atom. The van der Waals surface area contributed by atoms with Gasteiger partial charge < -0.3 is 10.0 Å². The molecule has 0 bridgehead atoms. The summed E-state index contributed by atoms with van der Waals surface area (Å²) in [5.41, 5.74) is 2.35. The number of rotatable bonds is 3. The number of benzene rings is 1. The lowest BCUT2D eigenvalue weighted by Gasteiger charge is -1.97. The minimum Gasteiger partial charge on any atom is -0.423 e. The van der Waals surface area contributed by atoms with Crippen molar-refractivity contribution in [2.24, 2.45) is 0 Å². The second kappa shape index (κ2) is 4.62. The molecule has 0 spiro atoms. The van der Waals surface area contributed by atoms with E-state index in [9.17, 15) is 0 Å². The van der Waals surface area contributed by atoms with Gasteiger partial charge in [-0.25, -0.2) is 0 Å². The first-order chi connectivity index (χ1) is 7.25. The number of hydrogen-bond donors (Lipinski definition) is 2. The fraction of sp³-hybridized carbons (Fsp3) is 0.0909. The molecule has 0 aliphatic heterocycles. The summed E-state index contributed by atoms with van der Waals surface area (Å²) in [4.78, 5) is 0. The molecule has 0 saturated heterocycles. The molecular formula is C11H11BO2S. The van der Waals surface area contributed by atoms with Crippen LogP contribution >= 0.6 is 11.3 Å². The third-order valence-corrected chi connectivity index (χ3v) is 3.20. The molecule has 2 aromatic rings. The predicted molar refractivity (Wildman–Crippen MR) is 63.4 cm³/mol. The molecule has 1 heterocycles. The molecule has 15 heavy (non-hydrogen) atoms. The molecule has 2 N–H and O–H groups in total. The summed E-state index contributed by atoms with van der Waals surface area (Å²) in [7, 11) is -1.35. The highest BCUT2D eigenvalue weighted by atomic mass is 32.1. The van der Waals surface area contributed by atoms with Gasteiger partial charge in [-0.1, -0.05) is 30.3 Å². The maximum Gasteiger partial charge on any atom is 0.499 e. The van der Waals surface area contributed by atoms with Gasteiger partial charge in [0.15, 0.2) is 0 Å². The summed E-state index contributed by atoms with van der Waals surface area (Å²) in [5.74, 6) is 0. The predicted octanol–water partition coefficient (Wildman–Crippen LogP) is 1.02. The minimum absolute atomic E-state index is 0.598. The van der Waals surface area contributed by atoms with Crippen molar-refractivity contribution in [1.82, 2.24) is 0 Å². The Labute approximate surface area is 93.0 Å². The van der Waals surface area contributed by atoms with Crippen LogP contribution < -0.4 is 4.78 Å². The van der Waals surface area contributed by atoms with Crippen LogP contribution in [-0.4, -0.2) is 17.2 Å². The first-order valence-corrected chi connectivity index (χ1v) is 5.61. The molecule has 0 fully saturated rings. The summed E-state index contributed by atoms with van der Waals surface area (Å²) >= 11 is 1.38. The first kappa shape index (κ1) is 10.4. The minimum atomic E-state index is -1.35. The van der Waals surface area contributed by atoms with Crippen molar-refractivity contribution in [3.63, 3.8) is 0 Å². The van der Waals surface area contributed by atoms with Crippen LogP contribution in [0.5, 0.6) is 0 Å². The van der Waals surface area contributed by atoms with Gasteiger partial charge in [0.05, 0.1) is 0 Å². The van der Waals surface area contributed by atoms with Gasteiger partial charge in [-0.3, -0.25) is 0 Å². The molecule has 0 atom stereocenters. The summed E-state index contributed by atoms with van der Waals surface area (Å²) < 4.78 is 0.598. The van der Waals surface area contributed by atoms with Gasteiger partial charge in [-0.05, 0) is 29.0 Å². The zero-order chi connectivity index (χ0) is 10.7. The molecule has 2 rings (SSSR count). The Kier molecular flexibility index (Phi) is 3.21. The lowest BCUT2D eigenvalue weighted by molar-refractivity contribution is 0.427. The molecule has 0 amide bonds. The highest BCUT2D eigenvalue weighted by molar-refractivity contribution is 7.20. The normalized spacial score (nSPS) is 10.3. The maximum atomic E-state index is 8.97. The topological polar surface area (TPSA) is 40.5 Å². The van der Waals surface area contributed by atoms with E-state index in [2.05, 4.69) is 12.1 Å². The van der Waals surface area contributed by atoms with E-state index in [-0.39, 0.29) is 0 Å². The molecule has 0 saturated carbocycles. The van der Waals surface area contributed by atoms with Crippen LogP contribution in [0.4, 0.5) is 0 Å². The molecule has 1 aromatic carbocycles. The lowest BCUT2D eigenvalue weighted by atomic mass is 9.88. The van der Waals surface area contributed by atoms with Crippen molar-refractivity contribution in [3.8, 4) is 0 Å². The molecule has 1 aromatic heterocycles. The largest absolute Gasteiger partial charge is 0.499 e. The van der Waals surface area contributed by atoms with Gasteiger partial charge >= 0.3 is 7.12 Å². The highest BCUT2D eigenvalue weighted by Crippen LogP contribution is 2.11. The van der Waals surface area contributed by atoms with Crippen molar-refractivity contribution >= 4 is 23.2 Å². The maximum absolute atomic E-state index is 8.97. The van der Waals surface area contributed by atoms with Crippen molar-refractivity contribution < 1.29 is 10.0 Å². The van der Waals surface area contributed by atoms with Gasteiger partial charge in [0.25, 0.3) is 0 Å². The molecule has 0 unspecified atom stereocenters. The van der Waals surface area contributed by atoms with Crippen LogP contribution in [0.15, 0.2) is 41.8 Å². The standard InChI is InChI=1S/C11H11BO2S/c13-12(14)11-7-10(8-15-11)6-9-4-2-1-3-5-9/h1-5,7-8,13-14H,6H2. The van der Waals surface area contributed by atoms with E-state index in [0.717, 1.165) is 12.0 Å². The van der Waals surface area contributed by atoms with Crippen LogP contribution in [-0.2, 0) is 6.42 Å². The quantitative estimate of drug-likeness (QED) is 0.755. The summed E-state index contributed by atoms with van der Waals surface area (Å²) in [5, 5.41) is 19.9. The zero-order valence-corrected chi connectivity index (χ0v) is 8.95. The molecular weight excluding hydrogens is 207 g/mol. The second-order valence-corrected chi connectivity index (χ2v) is 4.34. The van der Waals surface area contributed by atoms with Crippen LogP contribution in [0, 0.1) is 0 Å².